The summed E-state index contributed by atoms with van der Waals surface area (Å²) in [5, 5.41) is 4.95. The molecular formula is C9H11NO3S. The van der Waals surface area contributed by atoms with E-state index in [1.54, 1.807) is 12.1 Å². The molecule has 1 aromatic carbocycles. The van der Waals surface area contributed by atoms with E-state index in [0.29, 0.717) is 6.61 Å². The molecule has 14 heavy (non-hydrogen) atoms. The second kappa shape index (κ2) is 3.25. The van der Waals surface area contributed by atoms with Gasteiger partial charge in [0, 0.05) is 6.42 Å². The number of sulfonamides is 1. The highest BCUT2D eigenvalue weighted by molar-refractivity contribution is 7.88. The van der Waals surface area contributed by atoms with Crippen LogP contribution in [0.2, 0.25) is 0 Å². The smallest absolute Gasteiger partial charge is 0.213 e. The van der Waals surface area contributed by atoms with Crippen LogP contribution in [0.1, 0.15) is 11.1 Å². The van der Waals surface area contributed by atoms with Gasteiger partial charge < -0.3 is 4.74 Å². The van der Waals surface area contributed by atoms with E-state index in [2.05, 4.69) is 0 Å². The van der Waals surface area contributed by atoms with E-state index in [1.165, 1.54) is 0 Å². The first kappa shape index (κ1) is 9.48. The Morgan fingerprint density at radius 3 is 2.93 bits per heavy atom. The van der Waals surface area contributed by atoms with Crippen LogP contribution >= 0.6 is 0 Å². The number of fused-ring (bicyclic) bond motifs is 1. The lowest BCUT2D eigenvalue weighted by Crippen LogP contribution is -2.14. The van der Waals surface area contributed by atoms with Gasteiger partial charge >= 0.3 is 0 Å². The van der Waals surface area contributed by atoms with Crippen molar-refractivity contribution in [2.75, 3.05) is 6.61 Å². The first-order valence-corrected chi connectivity index (χ1v) is 6.01. The molecule has 0 saturated carbocycles. The van der Waals surface area contributed by atoms with Gasteiger partial charge in [0.1, 0.15) is 5.75 Å². The molecule has 0 bridgehead atoms. The summed E-state index contributed by atoms with van der Waals surface area (Å²) < 4.78 is 27.0. The fourth-order valence-electron chi connectivity index (χ4n) is 1.56. The Morgan fingerprint density at radius 2 is 2.21 bits per heavy atom. The molecule has 0 fully saturated rings. The quantitative estimate of drug-likeness (QED) is 0.773. The number of hydrogen-bond donors (Lipinski definition) is 1. The van der Waals surface area contributed by atoms with Crippen LogP contribution in [0.3, 0.4) is 0 Å². The van der Waals surface area contributed by atoms with Crippen LogP contribution in [0.15, 0.2) is 18.2 Å². The highest BCUT2D eigenvalue weighted by atomic mass is 32.2. The summed E-state index contributed by atoms with van der Waals surface area (Å²) in [6, 6.07) is 5.37. The normalized spacial score (nSPS) is 14.9. The summed E-state index contributed by atoms with van der Waals surface area (Å²) in [6.45, 7) is 0.675. The molecule has 0 amide bonds. The Kier molecular flexibility index (Phi) is 2.20. The first-order valence-electron chi connectivity index (χ1n) is 4.30. The van der Waals surface area contributed by atoms with E-state index >= 15 is 0 Å². The predicted molar refractivity (Wildman–Crippen MR) is 52.5 cm³/mol. The molecule has 0 aromatic heterocycles. The van der Waals surface area contributed by atoms with Crippen molar-refractivity contribution >= 4 is 10.0 Å². The van der Waals surface area contributed by atoms with Gasteiger partial charge in [-0.2, -0.15) is 0 Å². The third kappa shape index (κ3) is 2.05. The molecule has 1 aliphatic heterocycles. The average molecular weight is 213 g/mol. The summed E-state index contributed by atoms with van der Waals surface area (Å²) >= 11 is 0. The fraction of sp³-hybridized carbons (Fsp3) is 0.333. The van der Waals surface area contributed by atoms with Gasteiger partial charge in [-0.1, -0.05) is 12.1 Å². The van der Waals surface area contributed by atoms with E-state index < -0.39 is 10.0 Å². The Bertz CT molecular complexity index is 453. The van der Waals surface area contributed by atoms with Crippen LogP contribution in [-0.4, -0.2) is 15.0 Å². The van der Waals surface area contributed by atoms with Gasteiger partial charge in [-0.25, -0.2) is 13.6 Å². The molecule has 1 aliphatic rings. The van der Waals surface area contributed by atoms with Crippen molar-refractivity contribution in [3.8, 4) is 5.75 Å². The number of rotatable bonds is 2. The minimum atomic E-state index is -3.44. The molecule has 2 rings (SSSR count). The highest BCUT2D eigenvalue weighted by Gasteiger charge is 2.13. The SMILES string of the molecule is NS(=O)(=O)Cc1ccc2c(c1)CCO2. The van der Waals surface area contributed by atoms with Gasteiger partial charge in [0.15, 0.2) is 0 Å². The van der Waals surface area contributed by atoms with E-state index in [4.69, 9.17) is 9.88 Å². The molecule has 5 heteroatoms. The van der Waals surface area contributed by atoms with Crippen molar-refractivity contribution in [1.82, 2.24) is 0 Å². The lowest BCUT2D eigenvalue weighted by Gasteiger charge is -2.02. The third-order valence-electron chi connectivity index (χ3n) is 2.12. The van der Waals surface area contributed by atoms with Crippen LogP contribution in [0, 0.1) is 0 Å². The topological polar surface area (TPSA) is 69.4 Å². The van der Waals surface area contributed by atoms with E-state index in [-0.39, 0.29) is 5.75 Å². The predicted octanol–water partition coefficient (Wildman–Crippen LogP) is 0.410. The summed E-state index contributed by atoms with van der Waals surface area (Å²) in [6.07, 6.45) is 0.841. The Morgan fingerprint density at radius 1 is 1.43 bits per heavy atom. The van der Waals surface area contributed by atoms with E-state index in [1.807, 2.05) is 6.07 Å². The average Bonchev–Trinajstić information content (AvgIpc) is 2.47. The maximum atomic E-state index is 10.8. The standard InChI is InChI=1S/C9H11NO3S/c10-14(11,12)6-7-1-2-9-8(5-7)3-4-13-9/h1-2,5H,3-4,6H2,(H2,10,11,12). The first-order chi connectivity index (χ1) is 6.54. The molecule has 1 heterocycles. The molecule has 0 saturated heterocycles. The number of ether oxygens (including phenoxy) is 1. The maximum Gasteiger partial charge on any atom is 0.213 e. The summed E-state index contributed by atoms with van der Waals surface area (Å²) in [4.78, 5) is 0. The van der Waals surface area contributed by atoms with Crippen molar-refractivity contribution in [2.24, 2.45) is 5.14 Å². The van der Waals surface area contributed by atoms with Crippen LogP contribution in [0.4, 0.5) is 0 Å². The maximum absolute atomic E-state index is 10.8. The van der Waals surface area contributed by atoms with Crippen molar-refractivity contribution < 1.29 is 13.2 Å². The van der Waals surface area contributed by atoms with Crippen LogP contribution < -0.4 is 9.88 Å². The van der Waals surface area contributed by atoms with Gasteiger partial charge in [-0.15, -0.1) is 0 Å². The molecule has 0 atom stereocenters. The Hall–Kier alpha value is -1.07. The number of primary sulfonamides is 1. The minimum Gasteiger partial charge on any atom is -0.493 e. The number of nitrogens with two attached hydrogens (primary N) is 1. The van der Waals surface area contributed by atoms with Gasteiger partial charge in [0.05, 0.1) is 12.4 Å². The number of benzene rings is 1. The monoisotopic (exact) mass is 213 g/mol. The van der Waals surface area contributed by atoms with E-state index in [0.717, 1.165) is 23.3 Å². The summed E-state index contributed by atoms with van der Waals surface area (Å²) in [5.41, 5.74) is 1.78. The third-order valence-corrected chi connectivity index (χ3v) is 2.86. The van der Waals surface area contributed by atoms with Gasteiger partial charge in [-0.3, -0.25) is 0 Å². The fourth-order valence-corrected chi connectivity index (χ4v) is 2.21. The molecule has 0 unspecified atom stereocenters. The minimum absolute atomic E-state index is 0.111. The number of hydrogen-bond acceptors (Lipinski definition) is 3. The Labute approximate surface area is 82.7 Å². The second-order valence-corrected chi connectivity index (χ2v) is 4.96. The molecular weight excluding hydrogens is 202 g/mol. The molecule has 1 aromatic rings. The molecule has 76 valence electrons. The van der Waals surface area contributed by atoms with Crippen molar-refractivity contribution in [1.29, 1.82) is 0 Å². The van der Waals surface area contributed by atoms with Gasteiger partial charge in [-0.05, 0) is 17.2 Å². The van der Waals surface area contributed by atoms with Crippen molar-refractivity contribution in [3.63, 3.8) is 0 Å². The summed E-state index contributed by atoms with van der Waals surface area (Å²) in [7, 11) is -3.44. The van der Waals surface area contributed by atoms with Crippen molar-refractivity contribution in [3.05, 3.63) is 29.3 Å². The van der Waals surface area contributed by atoms with Gasteiger partial charge in [0.2, 0.25) is 10.0 Å². The molecule has 4 nitrogen and oxygen atoms in total. The zero-order valence-corrected chi connectivity index (χ0v) is 8.38. The lowest BCUT2D eigenvalue weighted by atomic mass is 10.1. The van der Waals surface area contributed by atoms with Crippen LogP contribution in [-0.2, 0) is 22.2 Å². The zero-order chi connectivity index (χ0) is 10.2. The van der Waals surface area contributed by atoms with Gasteiger partial charge in [0.25, 0.3) is 0 Å². The molecule has 0 aliphatic carbocycles. The van der Waals surface area contributed by atoms with Crippen LogP contribution in [0.5, 0.6) is 5.75 Å². The zero-order valence-electron chi connectivity index (χ0n) is 7.56. The van der Waals surface area contributed by atoms with Crippen molar-refractivity contribution in [2.45, 2.75) is 12.2 Å². The van der Waals surface area contributed by atoms with E-state index in [9.17, 15) is 8.42 Å². The molecule has 2 N–H and O–H groups in total. The highest BCUT2D eigenvalue weighted by Crippen LogP contribution is 2.26. The Balaban J connectivity index is 2.29. The second-order valence-electron chi connectivity index (χ2n) is 3.35. The molecule has 0 radical (unpaired) electrons. The lowest BCUT2D eigenvalue weighted by molar-refractivity contribution is 0.357. The largest absolute Gasteiger partial charge is 0.493 e. The molecule has 0 spiro atoms. The van der Waals surface area contributed by atoms with Crippen LogP contribution in [0.25, 0.3) is 0 Å². The summed E-state index contributed by atoms with van der Waals surface area (Å²) in [5.74, 6) is 0.739.